The topological polar surface area (TPSA) is 77.3 Å². The zero-order chi connectivity index (χ0) is 30.8. The number of carbonyl (C=O) groups is 1. The fraction of sp³-hybridized carbons (Fsp3) is 0.452. The van der Waals surface area contributed by atoms with Crippen molar-refractivity contribution in [3.8, 4) is 5.69 Å². The molecule has 0 radical (unpaired) electrons. The van der Waals surface area contributed by atoms with Gasteiger partial charge in [0.25, 0.3) is 0 Å². The van der Waals surface area contributed by atoms with Gasteiger partial charge in [0.2, 0.25) is 0 Å². The Kier molecular flexibility index (Phi) is 9.29. The molecule has 3 atom stereocenters. The summed E-state index contributed by atoms with van der Waals surface area (Å²) in [4.78, 5) is 16.1. The van der Waals surface area contributed by atoms with Crippen LogP contribution in [0.5, 0.6) is 0 Å². The minimum atomic E-state index is -4.26. The molecule has 6 rings (SSSR count). The van der Waals surface area contributed by atoms with Crippen LogP contribution in [0.3, 0.4) is 0 Å². The van der Waals surface area contributed by atoms with Gasteiger partial charge in [-0.3, -0.25) is 4.98 Å². The minimum Gasteiger partial charge on any atom is -0.381 e. The van der Waals surface area contributed by atoms with E-state index >= 15 is 0 Å². The minimum absolute atomic E-state index is 0.0923. The highest BCUT2D eigenvalue weighted by Crippen LogP contribution is 2.48. The van der Waals surface area contributed by atoms with Crippen molar-refractivity contribution in [3.05, 3.63) is 82.7 Å². The van der Waals surface area contributed by atoms with Gasteiger partial charge >= 0.3 is 6.18 Å². The van der Waals surface area contributed by atoms with Gasteiger partial charge in [-0.25, -0.2) is 17.6 Å². The van der Waals surface area contributed by atoms with Gasteiger partial charge in [0.15, 0.2) is 0 Å². The first kappa shape index (κ1) is 31.2. The van der Waals surface area contributed by atoms with E-state index in [1.807, 2.05) is 22.2 Å². The average molecular weight is 619 g/mol. The van der Waals surface area contributed by atoms with Gasteiger partial charge in [0.05, 0.1) is 44.8 Å². The van der Waals surface area contributed by atoms with Crippen molar-refractivity contribution in [2.75, 3.05) is 20.3 Å². The molecule has 3 unspecified atom stereocenters. The second-order valence-electron chi connectivity index (χ2n) is 11.3. The van der Waals surface area contributed by atoms with Crippen LogP contribution in [0.1, 0.15) is 54.6 Å². The Hall–Kier alpha value is -3.22. The molecule has 3 aliphatic rings. The molecule has 7 nitrogen and oxygen atoms in total. The third-order valence-electron chi connectivity index (χ3n) is 8.46. The van der Waals surface area contributed by atoms with Crippen LogP contribution < -0.4 is 0 Å². The maximum absolute atomic E-state index is 13.4. The number of aldehydes is 1. The van der Waals surface area contributed by atoms with Crippen LogP contribution >= 0.6 is 0 Å². The molecule has 3 aromatic rings. The molecule has 230 valence electrons. The molecule has 2 aliphatic carbocycles. The maximum Gasteiger partial charge on any atom is 0.416 e. The number of aromatic nitrogens is 3. The second-order valence-corrected chi connectivity index (χ2v) is 13.1. The molecule has 0 amide bonds. The van der Waals surface area contributed by atoms with E-state index in [0.717, 1.165) is 72.8 Å². The lowest BCUT2D eigenvalue weighted by Gasteiger charge is -2.44. The molecule has 3 heterocycles. The van der Waals surface area contributed by atoms with E-state index in [4.69, 9.17) is 4.74 Å². The van der Waals surface area contributed by atoms with E-state index in [1.165, 1.54) is 19.1 Å². The number of nitrogens with zero attached hydrogens (tertiary/aromatic N) is 4. The van der Waals surface area contributed by atoms with Crippen molar-refractivity contribution in [2.45, 2.75) is 62.9 Å². The van der Waals surface area contributed by atoms with Crippen molar-refractivity contribution in [1.82, 2.24) is 19.1 Å². The van der Waals surface area contributed by atoms with Gasteiger partial charge < -0.3 is 9.53 Å². The zero-order valence-corrected chi connectivity index (χ0v) is 24.8. The summed E-state index contributed by atoms with van der Waals surface area (Å²) < 4.78 is 71.6. The number of benzene rings is 1. The van der Waals surface area contributed by atoms with Crippen LogP contribution in [0, 0.1) is 18.2 Å². The Bertz CT molecular complexity index is 1500. The third-order valence-corrected chi connectivity index (χ3v) is 10.4. The Morgan fingerprint density at radius 2 is 1.86 bits per heavy atom. The Morgan fingerprint density at radius 1 is 1.14 bits per heavy atom. The van der Waals surface area contributed by atoms with Gasteiger partial charge in [0, 0.05) is 38.2 Å². The van der Waals surface area contributed by atoms with Crippen molar-refractivity contribution in [3.63, 3.8) is 0 Å². The standard InChI is InChI=1S/C24H28FN3O3S.C7H6F3N/c1-27(32(30)22-8-10-31-11-9-22)21-5-2-18-12-23-17(13-24(18,14-21)16-29)15-26-28(23)20-6-3-19(25)4-7-20;1-5-4-6(2-3-11-5)7(8,9)10/h3-4,6-7,12,15-16,21-22H,2,5,8-11,13-14H2,1H3;2-4H,1H3. The predicted molar refractivity (Wildman–Crippen MR) is 155 cm³/mol. The highest BCUT2D eigenvalue weighted by molar-refractivity contribution is 7.83. The summed E-state index contributed by atoms with van der Waals surface area (Å²) >= 11 is 0. The van der Waals surface area contributed by atoms with Crippen molar-refractivity contribution < 1.29 is 31.3 Å². The van der Waals surface area contributed by atoms with Gasteiger partial charge in [0.1, 0.15) is 12.1 Å². The van der Waals surface area contributed by atoms with E-state index in [0.29, 0.717) is 31.7 Å². The molecule has 2 fully saturated rings. The first-order valence-electron chi connectivity index (χ1n) is 14.2. The van der Waals surface area contributed by atoms with E-state index in [1.54, 1.807) is 12.1 Å². The zero-order valence-electron chi connectivity index (χ0n) is 24.0. The Balaban J connectivity index is 0.000000283. The van der Waals surface area contributed by atoms with Gasteiger partial charge in [-0.15, -0.1) is 0 Å². The number of pyridine rings is 1. The van der Waals surface area contributed by atoms with Crippen LogP contribution in [0.2, 0.25) is 0 Å². The SMILES string of the molecule is CN(C1CCC2=Cc3c(cnn3-c3ccc(F)cc3)CC2(C=O)C1)S(=O)C1CCOCC1.Cc1cc(C(F)(F)F)ccn1. The summed E-state index contributed by atoms with van der Waals surface area (Å²) in [5, 5.41) is 4.66. The number of alkyl halides is 3. The number of hydrogen-bond acceptors (Lipinski definition) is 5. The first-order chi connectivity index (χ1) is 20.5. The first-order valence-corrected chi connectivity index (χ1v) is 15.4. The summed E-state index contributed by atoms with van der Waals surface area (Å²) in [6.07, 6.45) is 6.43. The number of fused-ring (bicyclic) bond motifs is 2. The normalized spacial score (nSPS) is 23.0. The molecule has 1 aliphatic heterocycles. The lowest BCUT2D eigenvalue weighted by molar-refractivity contribution is -0.137. The van der Waals surface area contributed by atoms with Crippen molar-refractivity contribution in [1.29, 1.82) is 0 Å². The third kappa shape index (κ3) is 6.81. The van der Waals surface area contributed by atoms with Gasteiger partial charge in [-0.05, 0) is 93.5 Å². The van der Waals surface area contributed by atoms with E-state index in [2.05, 4.69) is 16.2 Å². The quantitative estimate of drug-likeness (QED) is 0.264. The van der Waals surface area contributed by atoms with Crippen LogP contribution in [-0.4, -0.2) is 61.1 Å². The molecule has 1 saturated carbocycles. The molecule has 1 saturated heterocycles. The summed E-state index contributed by atoms with van der Waals surface area (Å²) in [7, 11) is 0.857. The molecule has 0 bridgehead atoms. The summed E-state index contributed by atoms with van der Waals surface area (Å²) in [6, 6.07) is 8.33. The van der Waals surface area contributed by atoms with Crippen LogP contribution in [0.15, 0.2) is 54.4 Å². The number of halogens is 4. The van der Waals surface area contributed by atoms with Crippen molar-refractivity contribution >= 4 is 23.3 Å². The summed E-state index contributed by atoms with van der Waals surface area (Å²) in [5.41, 5.74) is 3.03. The fourth-order valence-electron chi connectivity index (χ4n) is 6.06. The maximum atomic E-state index is 13.4. The number of aryl methyl sites for hydroxylation is 1. The van der Waals surface area contributed by atoms with E-state index < -0.39 is 28.1 Å². The highest BCUT2D eigenvalue weighted by Gasteiger charge is 2.45. The molecule has 1 aromatic carbocycles. The number of rotatable bonds is 5. The number of ether oxygens (including phenoxy) is 1. The monoisotopic (exact) mass is 618 g/mol. The smallest absolute Gasteiger partial charge is 0.381 e. The van der Waals surface area contributed by atoms with Crippen molar-refractivity contribution in [2.24, 2.45) is 5.41 Å². The van der Waals surface area contributed by atoms with Crippen LogP contribution in [0.25, 0.3) is 11.8 Å². The fourth-order valence-corrected chi connectivity index (χ4v) is 7.60. The largest absolute Gasteiger partial charge is 0.416 e. The molecule has 43 heavy (non-hydrogen) atoms. The van der Waals surface area contributed by atoms with Crippen LogP contribution in [-0.2, 0) is 33.1 Å². The molecule has 0 spiro atoms. The lowest BCUT2D eigenvalue weighted by atomic mass is 9.64. The van der Waals surface area contributed by atoms with Gasteiger partial charge in [-0.1, -0.05) is 5.57 Å². The number of carbonyl (C=O) groups excluding carboxylic acids is 1. The lowest BCUT2D eigenvalue weighted by Crippen LogP contribution is -2.47. The molecule has 2 aromatic heterocycles. The Labute approximate surface area is 250 Å². The molecule has 0 N–H and O–H groups in total. The molecular weight excluding hydrogens is 584 g/mol. The average Bonchev–Trinajstić information content (AvgIpc) is 3.41. The predicted octanol–water partition coefficient (Wildman–Crippen LogP) is 5.87. The van der Waals surface area contributed by atoms with E-state index in [9.17, 15) is 26.6 Å². The summed E-state index contributed by atoms with van der Waals surface area (Å²) in [5.74, 6) is -0.284. The summed E-state index contributed by atoms with van der Waals surface area (Å²) in [6.45, 7) is 2.86. The Morgan fingerprint density at radius 3 is 2.49 bits per heavy atom. The van der Waals surface area contributed by atoms with Crippen LogP contribution in [0.4, 0.5) is 17.6 Å². The molecular formula is C31H34F4N4O3S. The molecule has 12 heteroatoms. The van der Waals surface area contributed by atoms with Gasteiger partial charge in [-0.2, -0.15) is 18.3 Å². The highest BCUT2D eigenvalue weighted by atomic mass is 32.2. The second kappa shape index (κ2) is 12.8. The number of hydrogen-bond donors (Lipinski definition) is 0. The number of allylic oxidation sites excluding steroid dienone is 1. The van der Waals surface area contributed by atoms with E-state index in [-0.39, 0.29) is 17.1 Å².